The van der Waals surface area contributed by atoms with Gasteiger partial charge in [0.15, 0.2) is 0 Å². The summed E-state index contributed by atoms with van der Waals surface area (Å²) >= 11 is 18.4. The van der Waals surface area contributed by atoms with Crippen molar-refractivity contribution in [2.45, 2.75) is 25.6 Å². The van der Waals surface area contributed by atoms with Gasteiger partial charge in [0.2, 0.25) is 0 Å². The molecule has 0 radical (unpaired) electrons. The lowest BCUT2D eigenvalue weighted by atomic mass is 9.93. The molecule has 0 saturated carbocycles. The fraction of sp³-hybridized carbons (Fsp3) is 0.208. The highest BCUT2D eigenvalue weighted by Crippen LogP contribution is 2.28. The maximum Gasteiger partial charge on any atom is 0.254 e. The van der Waals surface area contributed by atoms with Crippen molar-refractivity contribution in [1.29, 1.82) is 0 Å². The number of halogens is 3. The molecule has 1 heterocycles. The highest BCUT2D eigenvalue weighted by molar-refractivity contribution is 6.42. The Bertz CT molecular complexity index is 1070. The van der Waals surface area contributed by atoms with Crippen LogP contribution in [0.25, 0.3) is 0 Å². The zero-order chi connectivity index (χ0) is 21.1. The van der Waals surface area contributed by atoms with Crippen molar-refractivity contribution in [2.24, 2.45) is 0 Å². The Morgan fingerprint density at radius 1 is 0.900 bits per heavy atom. The van der Waals surface area contributed by atoms with Crippen molar-refractivity contribution < 1.29 is 9.53 Å². The van der Waals surface area contributed by atoms with Gasteiger partial charge in [-0.1, -0.05) is 77.3 Å². The quantitative estimate of drug-likeness (QED) is 0.439. The summed E-state index contributed by atoms with van der Waals surface area (Å²) in [5.41, 5.74) is 3.83. The molecule has 6 heteroatoms. The SMILES string of the molecule is O=C(c1ccc(Cl)c(Cl)c1)N1Cc2ccccc2CC1COCc1ccccc1Cl. The van der Waals surface area contributed by atoms with Gasteiger partial charge in [-0.25, -0.2) is 0 Å². The van der Waals surface area contributed by atoms with Gasteiger partial charge in [0.1, 0.15) is 0 Å². The minimum atomic E-state index is -0.0932. The Balaban J connectivity index is 1.54. The minimum Gasteiger partial charge on any atom is -0.375 e. The second kappa shape index (κ2) is 9.40. The highest BCUT2D eigenvalue weighted by Gasteiger charge is 2.30. The van der Waals surface area contributed by atoms with Crippen molar-refractivity contribution in [3.8, 4) is 0 Å². The first kappa shape index (κ1) is 21.2. The van der Waals surface area contributed by atoms with E-state index in [-0.39, 0.29) is 11.9 Å². The van der Waals surface area contributed by atoms with E-state index in [2.05, 4.69) is 12.1 Å². The van der Waals surface area contributed by atoms with Crippen LogP contribution in [0.5, 0.6) is 0 Å². The van der Waals surface area contributed by atoms with Crippen molar-refractivity contribution in [1.82, 2.24) is 4.90 Å². The van der Waals surface area contributed by atoms with Gasteiger partial charge in [-0.05, 0) is 47.4 Å². The molecule has 0 aliphatic carbocycles. The molecule has 154 valence electrons. The third-order valence-electron chi connectivity index (χ3n) is 5.31. The average Bonchev–Trinajstić information content (AvgIpc) is 2.76. The summed E-state index contributed by atoms with van der Waals surface area (Å²) in [7, 11) is 0. The molecule has 0 fully saturated rings. The predicted molar refractivity (Wildman–Crippen MR) is 121 cm³/mol. The minimum absolute atomic E-state index is 0.0885. The molecule has 0 bridgehead atoms. The molecule has 1 aliphatic heterocycles. The lowest BCUT2D eigenvalue weighted by Gasteiger charge is -2.37. The third kappa shape index (κ3) is 4.65. The van der Waals surface area contributed by atoms with Crippen LogP contribution >= 0.6 is 34.8 Å². The monoisotopic (exact) mass is 459 g/mol. The van der Waals surface area contributed by atoms with Crippen LogP contribution in [0.2, 0.25) is 15.1 Å². The molecule has 0 N–H and O–H groups in total. The highest BCUT2D eigenvalue weighted by atomic mass is 35.5. The standard InChI is InChI=1S/C24H20Cl3NO2/c25-21-8-4-3-7-19(21)14-30-15-20-11-16-5-1-2-6-18(16)13-28(20)24(29)17-9-10-22(26)23(27)12-17/h1-10,12,20H,11,13-15H2. The molecule has 0 spiro atoms. The van der Waals surface area contributed by atoms with Gasteiger partial charge < -0.3 is 9.64 Å². The molecule has 4 rings (SSSR count). The third-order valence-corrected chi connectivity index (χ3v) is 6.42. The zero-order valence-electron chi connectivity index (χ0n) is 16.2. The average molecular weight is 461 g/mol. The largest absolute Gasteiger partial charge is 0.375 e. The van der Waals surface area contributed by atoms with Gasteiger partial charge in [-0.2, -0.15) is 0 Å². The lowest BCUT2D eigenvalue weighted by Crippen LogP contribution is -2.46. The van der Waals surface area contributed by atoms with Gasteiger partial charge in [0.05, 0.1) is 29.3 Å². The summed E-state index contributed by atoms with van der Waals surface area (Å²) in [5.74, 6) is -0.0885. The molecule has 3 aromatic rings. The molecule has 1 unspecified atom stereocenters. The molecule has 30 heavy (non-hydrogen) atoms. The number of hydrogen-bond acceptors (Lipinski definition) is 2. The predicted octanol–water partition coefficient (Wildman–Crippen LogP) is 6.43. The van der Waals surface area contributed by atoms with Crippen molar-refractivity contribution in [3.05, 3.63) is 104 Å². The van der Waals surface area contributed by atoms with Crippen molar-refractivity contribution in [2.75, 3.05) is 6.61 Å². The number of nitrogens with zero attached hydrogens (tertiary/aromatic N) is 1. The number of carbonyl (C=O) groups excluding carboxylic acids is 1. The van der Waals surface area contributed by atoms with E-state index in [9.17, 15) is 4.79 Å². The van der Waals surface area contributed by atoms with Crippen molar-refractivity contribution >= 4 is 40.7 Å². The van der Waals surface area contributed by atoms with Crippen LogP contribution in [0.4, 0.5) is 0 Å². The maximum absolute atomic E-state index is 13.3. The summed E-state index contributed by atoms with van der Waals surface area (Å²) in [4.78, 5) is 15.2. The van der Waals surface area contributed by atoms with Crippen LogP contribution in [-0.2, 0) is 24.3 Å². The van der Waals surface area contributed by atoms with Crippen LogP contribution in [0, 0.1) is 0 Å². The van der Waals surface area contributed by atoms with Gasteiger partial charge in [0.25, 0.3) is 5.91 Å². The van der Waals surface area contributed by atoms with Crippen LogP contribution in [0.3, 0.4) is 0 Å². The van der Waals surface area contributed by atoms with E-state index in [0.717, 1.165) is 17.5 Å². The second-order valence-electron chi connectivity index (χ2n) is 7.30. The van der Waals surface area contributed by atoms with E-state index in [1.54, 1.807) is 18.2 Å². The van der Waals surface area contributed by atoms with Gasteiger partial charge in [-0.15, -0.1) is 0 Å². The van der Waals surface area contributed by atoms with E-state index in [4.69, 9.17) is 39.5 Å². The molecule has 3 nitrogen and oxygen atoms in total. The van der Waals surface area contributed by atoms with Gasteiger partial charge >= 0.3 is 0 Å². The summed E-state index contributed by atoms with van der Waals surface area (Å²) in [5, 5.41) is 1.47. The Morgan fingerprint density at radius 3 is 2.40 bits per heavy atom. The van der Waals surface area contributed by atoms with Crippen LogP contribution in [0.15, 0.2) is 66.7 Å². The summed E-state index contributed by atoms with van der Waals surface area (Å²) in [6.45, 7) is 1.33. The Labute approximate surface area is 191 Å². The topological polar surface area (TPSA) is 29.5 Å². The molecule has 1 amide bonds. The second-order valence-corrected chi connectivity index (χ2v) is 8.52. The first-order chi connectivity index (χ1) is 14.5. The number of amides is 1. The summed E-state index contributed by atoms with van der Waals surface area (Å²) < 4.78 is 5.99. The Morgan fingerprint density at radius 2 is 1.63 bits per heavy atom. The first-order valence-corrected chi connectivity index (χ1v) is 10.8. The van der Waals surface area contributed by atoms with E-state index < -0.39 is 0 Å². The van der Waals surface area contributed by atoms with Gasteiger partial charge in [-0.3, -0.25) is 4.79 Å². The molecule has 0 saturated heterocycles. The molecule has 3 aromatic carbocycles. The van der Waals surface area contributed by atoms with Gasteiger partial charge in [0, 0.05) is 17.1 Å². The van der Waals surface area contributed by atoms with Crippen LogP contribution < -0.4 is 0 Å². The van der Waals surface area contributed by atoms with Crippen molar-refractivity contribution in [3.63, 3.8) is 0 Å². The normalized spacial score (nSPS) is 15.7. The fourth-order valence-corrected chi connectivity index (χ4v) is 4.18. The van der Waals surface area contributed by atoms with Crippen LogP contribution in [-0.4, -0.2) is 23.5 Å². The Kier molecular flexibility index (Phi) is 6.64. The summed E-state index contributed by atoms with van der Waals surface area (Å²) in [6, 6.07) is 20.7. The zero-order valence-corrected chi connectivity index (χ0v) is 18.4. The molecule has 1 atom stereocenters. The van der Waals surface area contributed by atoms with E-state index in [0.29, 0.717) is 40.4 Å². The fourth-order valence-electron chi connectivity index (χ4n) is 3.69. The number of benzene rings is 3. The number of carbonyl (C=O) groups is 1. The van der Waals surface area contributed by atoms with E-state index in [1.165, 1.54) is 5.56 Å². The molecular weight excluding hydrogens is 441 g/mol. The number of rotatable bonds is 5. The maximum atomic E-state index is 13.3. The number of hydrogen-bond donors (Lipinski definition) is 0. The first-order valence-electron chi connectivity index (χ1n) is 9.67. The number of ether oxygens (including phenoxy) is 1. The van der Waals surface area contributed by atoms with E-state index in [1.807, 2.05) is 41.3 Å². The lowest BCUT2D eigenvalue weighted by molar-refractivity contribution is 0.0325. The molecule has 0 aromatic heterocycles. The summed E-state index contributed by atoms with van der Waals surface area (Å²) in [6.07, 6.45) is 0.728. The molecular formula is C24H20Cl3NO2. The Hall–Kier alpha value is -2.04. The molecule has 1 aliphatic rings. The number of fused-ring (bicyclic) bond motifs is 1. The van der Waals surface area contributed by atoms with Crippen LogP contribution in [0.1, 0.15) is 27.0 Å². The smallest absolute Gasteiger partial charge is 0.254 e. The van der Waals surface area contributed by atoms with E-state index >= 15 is 0 Å².